The van der Waals surface area contributed by atoms with Gasteiger partial charge < -0.3 is 9.90 Å². The molecule has 2 aromatic rings. The van der Waals surface area contributed by atoms with Crippen molar-refractivity contribution in [2.45, 2.75) is 6.54 Å². The molecule has 0 saturated heterocycles. The molecule has 0 N–H and O–H groups in total. The monoisotopic (exact) mass is 273 g/mol. The number of nitrogens with zero attached hydrogens (tertiary/aromatic N) is 2. The van der Waals surface area contributed by atoms with E-state index < -0.39 is 5.97 Å². The second-order valence-corrected chi connectivity index (χ2v) is 5.15. The number of aromatic nitrogens is 1. The van der Waals surface area contributed by atoms with Crippen LogP contribution in [-0.2, 0) is 6.54 Å². The Morgan fingerprint density at radius 3 is 2.74 bits per heavy atom. The van der Waals surface area contributed by atoms with E-state index in [1.165, 1.54) is 23.5 Å². The molecule has 1 aromatic carbocycles. The van der Waals surface area contributed by atoms with Gasteiger partial charge >= 0.3 is 0 Å². The lowest BCUT2D eigenvalue weighted by atomic mass is 10.1. The molecule has 0 amide bonds. The first-order valence-electron chi connectivity index (χ1n) is 5.72. The summed E-state index contributed by atoms with van der Waals surface area (Å²) in [4.78, 5) is 27.6. The van der Waals surface area contributed by atoms with E-state index in [4.69, 9.17) is 0 Å². The Labute approximate surface area is 111 Å². The largest absolute Gasteiger partial charge is 0.545 e. The van der Waals surface area contributed by atoms with E-state index in [0.717, 1.165) is 10.4 Å². The predicted molar refractivity (Wildman–Crippen MR) is 68.6 cm³/mol. The van der Waals surface area contributed by atoms with Crippen LogP contribution in [0.5, 0.6) is 0 Å². The average molecular weight is 273 g/mol. The quantitative estimate of drug-likeness (QED) is 0.685. The van der Waals surface area contributed by atoms with Crippen molar-refractivity contribution >= 4 is 23.4 Å². The maximum absolute atomic E-state index is 12.0. The minimum absolute atomic E-state index is 0.0368. The van der Waals surface area contributed by atoms with Crippen LogP contribution in [0, 0.1) is 0 Å². The van der Waals surface area contributed by atoms with Gasteiger partial charge in [-0.15, -0.1) is 0 Å². The topological polar surface area (TPSA) is 74.5 Å². The summed E-state index contributed by atoms with van der Waals surface area (Å²) in [7, 11) is 0. The maximum atomic E-state index is 12.0. The Kier molecular flexibility index (Phi) is 2.79. The van der Waals surface area contributed by atoms with Crippen molar-refractivity contribution in [3.05, 3.63) is 55.1 Å². The van der Waals surface area contributed by atoms with Crippen molar-refractivity contribution in [3.63, 3.8) is 0 Å². The molecule has 3 rings (SSSR count). The molecule has 5 nitrogen and oxygen atoms in total. The number of carboxylic acid groups (broad SMARTS) is 1. The molecule has 0 saturated carbocycles. The van der Waals surface area contributed by atoms with Gasteiger partial charge in [-0.05, 0) is 17.2 Å². The summed E-state index contributed by atoms with van der Waals surface area (Å²) in [5, 5.41) is 10.6. The number of hydrogen-bond acceptors (Lipinski definition) is 5. The minimum atomic E-state index is -1.21. The van der Waals surface area contributed by atoms with E-state index in [-0.39, 0.29) is 11.1 Å². The zero-order chi connectivity index (χ0) is 13.4. The first-order valence-corrected chi connectivity index (χ1v) is 6.54. The molecule has 0 unspecified atom stereocenters. The molecule has 96 valence electrons. The highest BCUT2D eigenvalue weighted by Crippen LogP contribution is 2.04. The fourth-order valence-electron chi connectivity index (χ4n) is 1.94. The lowest BCUT2D eigenvalue weighted by Crippen LogP contribution is -2.29. The Bertz CT molecular complexity index is 815. The SMILES string of the molecule is O=C([O-])c1ccc(/C=c2\sc3n(c2=O)CCN=3)cc1. The summed E-state index contributed by atoms with van der Waals surface area (Å²) in [6.45, 7) is 1.31. The lowest BCUT2D eigenvalue weighted by molar-refractivity contribution is -0.255. The van der Waals surface area contributed by atoms with Crippen LogP contribution in [0.4, 0.5) is 0 Å². The van der Waals surface area contributed by atoms with Gasteiger partial charge in [-0.1, -0.05) is 35.6 Å². The number of hydrogen-bond donors (Lipinski definition) is 0. The summed E-state index contributed by atoms with van der Waals surface area (Å²) in [5.74, 6) is -1.21. The van der Waals surface area contributed by atoms with E-state index in [2.05, 4.69) is 4.99 Å². The molecule has 1 aliphatic heterocycles. The Morgan fingerprint density at radius 2 is 2.11 bits per heavy atom. The number of fused-ring (bicyclic) bond motifs is 1. The summed E-state index contributed by atoms with van der Waals surface area (Å²) in [6.07, 6.45) is 1.74. The number of carbonyl (C=O) groups is 1. The van der Waals surface area contributed by atoms with Crippen molar-refractivity contribution in [3.8, 4) is 0 Å². The number of thiazole rings is 1. The summed E-state index contributed by atoms with van der Waals surface area (Å²) >= 11 is 1.35. The molecule has 0 fully saturated rings. The standard InChI is InChI=1S/C13H10N2O3S/c16-11-10(19-13-14-5-6-15(11)13)7-8-1-3-9(4-2-8)12(17)18/h1-4,7H,5-6H2,(H,17,18)/p-1/b10-7-. The second kappa shape index (κ2) is 4.47. The maximum Gasteiger partial charge on any atom is 0.270 e. The molecular weight excluding hydrogens is 264 g/mol. The summed E-state index contributed by atoms with van der Waals surface area (Å²) in [5.41, 5.74) is 0.866. The van der Waals surface area contributed by atoms with Crippen molar-refractivity contribution in [2.75, 3.05) is 6.54 Å². The molecule has 1 aliphatic rings. The van der Waals surface area contributed by atoms with Crippen LogP contribution >= 0.6 is 11.3 Å². The fraction of sp³-hybridized carbons (Fsp3) is 0.154. The highest BCUT2D eigenvalue weighted by atomic mass is 32.1. The number of rotatable bonds is 2. The third-order valence-corrected chi connectivity index (χ3v) is 3.95. The van der Waals surface area contributed by atoms with Crippen LogP contribution in [0.2, 0.25) is 0 Å². The normalized spacial score (nSPS) is 14.2. The van der Waals surface area contributed by atoms with Gasteiger partial charge in [0, 0.05) is 6.54 Å². The number of carbonyl (C=O) groups excluding carboxylic acids is 1. The highest BCUT2D eigenvalue weighted by molar-refractivity contribution is 7.07. The molecule has 0 spiro atoms. The summed E-state index contributed by atoms with van der Waals surface area (Å²) in [6, 6.07) is 6.23. The van der Waals surface area contributed by atoms with E-state index in [0.29, 0.717) is 17.6 Å². The molecule has 1 aromatic heterocycles. The number of aromatic carboxylic acids is 1. The Balaban J connectivity index is 2.07. The molecule has 2 heterocycles. The van der Waals surface area contributed by atoms with E-state index in [1.807, 2.05) is 0 Å². The van der Waals surface area contributed by atoms with Crippen molar-refractivity contribution in [1.82, 2.24) is 4.57 Å². The molecule has 0 bridgehead atoms. The zero-order valence-electron chi connectivity index (χ0n) is 9.83. The van der Waals surface area contributed by atoms with Gasteiger partial charge in [-0.3, -0.25) is 14.4 Å². The van der Waals surface area contributed by atoms with Crippen molar-refractivity contribution in [2.24, 2.45) is 4.99 Å². The van der Waals surface area contributed by atoms with Crippen LogP contribution in [0.25, 0.3) is 6.08 Å². The zero-order valence-corrected chi connectivity index (χ0v) is 10.6. The van der Waals surface area contributed by atoms with E-state index >= 15 is 0 Å². The Morgan fingerprint density at radius 1 is 1.37 bits per heavy atom. The number of benzene rings is 1. The predicted octanol–water partition coefficient (Wildman–Crippen LogP) is -1.26. The van der Waals surface area contributed by atoms with Crippen LogP contribution in [0.15, 0.2) is 34.1 Å². The second-order valence-electron chi connectivity index (χ2n) is 4.14. The van der Waals surface area contributed by atoms with Crippen molar-refractivity contribution < 1.29 is 9.90 Å². The van der Waals surface area contributed by atoms with Crippen molar-refractivity contribution in [1.29, 1.82) is 0 Å². The third kappa shape index (κ3) is 2.10. The van der Waals surface area contributed by atoms with Gasteiger partial charge in [0.05, 0.1) is 17.0 Å². The van der Waals surface area contributed by atoms with Gasteiger partial charge in [-0.2, -0.15) is 0 Å². The van der Waals surface area contributed by atoms with Gasteiger partial charge in [0.2, 0.25) is 0 Å². The van der Waals surface area contributed by atoms with Crippen LogP contribution in [0.3, 0.4) is 0 Å². The van der Waals surface area contributed by atoms with Gasteiger partial charge in [0.25, 0.3) is 5.56 Å². The van der Waals surface area contributed by atoms with Crippen LogP contribution in [-0.4, -0.2) is 17.1 Å². The molecular formula is C13H9N2O3S-. The minimum Gasteiger partial charge on any atom is -0.545 e. The molecule has 0 aliphatic carbocycles. The summed E-state index contributed by atoms with van der Waals surface area (Å²) < 4.78 is 2.27. The number of carboxylic acids is 1. The highest BCUT2D eigenvalue weighted by Gasteiger charge is 2.09. The van der Waals surface area contributed by atoms with Crippen LogP contribution in [0.1, 0.15) is 15.9 Å². The average Bonchev–Trinajstić information content (AvgIpc) is 2.95. The third-order valence-electron chi connectivity index (χ3n) is 2.90. The van der Waals surface area contributed by atoms with Gasteiger partial charge in [0.1, 0.15) is 0 Å². The molecule has 6 heteroatoms. The van der Waals surface area contributed by atoms with Crippen LogP contribution < -0.4 is 20.0 Å². The van der Waals surface area contributed by atoms with E-state index in [9.17, 15) is 14.7 Å². The van der Waals surface area contributed by atoms with Gasteiger partial charge in [-0.25, -0.2) is 0 Å². The molecule has 19 heavy (non-hydrogen) atoms. The first kappa shape index (κ1) is 11.9. The molecule has 0 atom stereocenters. The lowest BCUT2D eigenvalue weighted by Gasteiger charge is -2.01. The molecule has 0 radical (unpaired) electrons. The fourth-order valence-corrected chi connectivity index (χ4v) is 2.96. The van der Waals surface area contributed by atoms with Gasteiger partial charge in [0.15, 0.2) is 4.80 Å². The Hall–Kier alpha value is -2.21. The smallest absolute Gasteiger partial charge is 0.270 e. The first-order chi connectivity index (χ1) is 9.15. The van der Waals surface area contributed by atoms with E-state index in [1.54, 1.807) is 22.8 Å².